The lowest BCUT2D eigenvalue weighted by Crippen LogP contribution is -2.24. The van der Waals surface area contributed by atoms with Crippen molar-refractivity contribution in [2.24, 2.45) is 0 Å². The Bertz CT molecular complexity index is 449. The second kappa shape index (κ2) is 5.62. The van der Waals surface area contributed by atoms with Crippen LogP contribution in [0.3, 0.4) is 0 Å². The van der Waals surface area contributed by atoms with Gasteiger partial charge >= 0.3 is 11.9 Å². The Kier molecular flexibility index (Phi) is 4.42. The second-order valence-electron chi connectivity index (χ2n) is 4.97. The van der Waals surface area contributed by atoms with Crippen molar-refractivity contribution < 1.29 is 19.4 Å². The summed E-state index contributed by atoms with van der Waals surface area (Å²) in [5.41, 5.74) is 0.329. The van der Waals surface area contributed by atoms with Crippen molar-refractivity contribution in [1.29, 1.82) is 0 Å². The van der Waals surface area contributed by atoms with Gasteiger partial charge in [-0.25, -0.2) is 4.79 Å². The van der Waals surface area contributed by atoms with Gasteiger partial charge in [-0.1, -0.05) is 0 Å². The van der Waals surface area contributed by atoms with Crippen LogP contribution in [-0.4, -0.2) is 27.6 Å². The average molecular weight is 251 g/mol. The summed E-state index contributed by atoms with van der Waals surface area (Å²) in [5.74, 6) is -1.33. The summed E-state index contributed by atoms with van der Waals surface area (Å²) < 4.78 is 5.16. The molecular weight excluding hydrogens is 234 g/mol. The van der Waals surface area contributed by atoms with E-state index in [-0.39, 0.29) is 18.0 Å². The molecule has 5 nitrogen and oxygen atoms in total. The molecule has 0 aliphatic carbocycles. The number of rotatable bonds is 4. The van der Waals surface area contributed by atoms with E-state index >= 15 is 0 Å². The Balaban J connectivity index is 2.56. The Hall–Kier alpha value is -1.91. The van der Waals surface area contributed by atoms with Crippen LogP contribution in [0.5, 0.6) is 0 Å². The number of carbonyl (C=O) groups excluding carboxylic acids is 1. The van der Waals surface area contributed by atoms with E-state index in [1.807, 2.05) is 0 Å². The van der Waals surface area contributed by atoms with Crippen LogP contribution < -0.4 is 0 Å². The van der Waals surface area contributed by atoms with Gasteiger partial charge in [0.2, 0.25) is 0 Å². The van der Waals surface area contributed by atoms with Crippen LogP contribution >= 0.6 is 0 Å². The molecule has 0 radical (unpaired) electrons. The molecular formula is C13H17NO4. The molecule has 1 N–H and O–H groups in total. The van der Waals surface area contributed by atoms with Crippen LogP contribution in [0.15, 0.2) is 18.5 Å². The van der Waals surface area contributed by atoms with E-state index in [0.717, 1.165) is 0 Å². The molecule has 0 atom stereocenters. The molecule has 1 aromatic rings. The zero-order chi connectivity index (χ0) is 13.8. The number of hydrogen-bond acceptors (Lipinski definition) is 4. The number of aromatic nitrogens is 1. The smallest absolute Gasteiger partial charge is 0.337 e. The van der Waals surface area contributed by atoms with Gasteiger partial charge in [0.15, 0.2) is 0 Å². The SMILES string of the molecule is CC(C)(C)OC(=O)CCc1cncc(C(=O)O)c1. The predicted molar refractivity (Wildman–Crippen MR) is 65.4 cm³/mol. The number of carboxylic acid groups (broad SMARTS) is 1. The monoisotopic (exact) mass is 251 g/mol. The van der Waals surface area contributed by atoms with Crippen LogP contribution in [0.2, 0.25) is 0 Å². The first-order chi connectivity index (χ1) is 8.28. The number of aromatic carboxylic acids is 1. The molecule has 0 aliphatic heterocycles. The summed E-state index contributed by atoms with van der Waals surface area (Å²) in [6.07, 6.45) is 3.46. The van der Waals surface area contributed by atoms with Crippen LogP contribution in [0.4, 0.5) is 0 Å². The maximum Gasteiger partial charge on any atom is 0.337 e. The Morgan fingerprint density at radius 3 is 2.56 bits per heavy atom. The van der Waals surface area contributed by atoms with E-state index in [2.05, 4.69) is 4.98 Å². The van der Waals surface area contributed by atoms with Crippen LogP contribution in [-0.2, 0) is 16.0 Å². The molecule has 0 saturated heterocycles. The maximum absolute atomic E-state index is 11.5. The van der Waals surface area contributed by atoms with Gasteiger partial charge in [0.05, 0.1) is 5.56 Å². The standard InChI is InChI=1S/C13H17NO4/c1-13(2,3)18-11(15)5-4-9-6-10(12(16)17)8-14-7-9/h6-8H,4-5H2,1-3H3,(H,16,17). The van der Waals surface area contributed by atoms with E-state index in [1.54, 1.807) is 27.0 Å². The first-order valence-electron chi connectivity index (χ1n) is 5.67. The number of carboxylic acids is 1. The highest BCUT2D eigenvalue weighted by Crippen LogP contribution is 2.11. The highest BCUT2D eigenvalue weighted by atomic mass is 16.6. The molecule has 1 aromatic heterocycles. The topological polar surface area (TPSA) is 76.5 Å². The Morgan fingerprint density at radius 2 is 2.00 bits per heavy atom. The highest BCUT2D eigenvalue weighted by molar-refractivity contribution is 5.87. The Morgan fingerprint density at radius 1 is 1.33 bits per heavy atom. The molecule has 18 heavy (non-hydrogen) atoms. The molecule has 1 heterocycles. The fourth-order valence-electron chi connectivity index (χ4n) is 1.38. The van der Waals surface area contributed by atoms with E-state index in [4.69, 9.17) is 9.84 Å². The van der Waals surface area contributed by atoms with Crippen LogP contribution in [0.25, 0.3) is 0 Å². The zero-order valence-corrected chi connectivity index (χ0v) is 10.8. The zero-order valence-electron chi connectivity index (χ0n) is 10.8. The lowest BCUT2D eigenvalue weighted by Gasteiger charge is -2.19. The van der Waals surface area contributed by atoms with E-state index in [9.17, 15) is 9.59 Å². The molecule has 0 spiro atoms. The molecule has 0 fully saturated rings. The molecule has 0 bridgehead atoms. The lowest BCUT2D eigenvalue weighted by molar-refractivity contribution is -0.154. The van der Waals surface area contributed by atoms with Gasteiger partial charge in [0.25, 0.3) is 0 Å². The molecule has 5 heteroatoms. The fourth-order valence-corrected chi connectivity index (χ4v) is 1.38. The van der Waals surface area contributed by atoms with Gasteiger partial charge in [-0.3, -0.25) is 9.78 Å². The molecule has 0 amide bonds. The number of aryl methyl sites for hydroxylation is 1. The number of hydrogen-bond donors (Lipinski definition) is 1. The summed E-state index contributed by atoms with van der Waals surface area (Å²) in [6.45, 7) is 5.41. The van der Waals surface area contributed by atoms with Gasteiger partial charge in [0.1, 0.15) is 5.60 Å². The van der Waals surface area contributed by atoms with Crippen LogP contribution in [0.1, 0.15) is 43.1 Å². The second-order valence-corrected chi connectivity index (χ2v) is 4.97. The summed E-state index contributed by atoms with van der Waals surface area (Å²) in [5, 5.41) is 8.81. The van der Waals surface area contributed by atoms with Crippen molar-refractivity contribution in [3.8, 4) is 0 Å². The number of pyridine rings is 1. The van der Waals surface area contributed by atoms with E-state index in [0.29, 0.717) is 12.0 Å². The van der Waals surface area contributed by atoms with Gasteiger partial charge < -0.3 is 9.84 Å². The molecule has 1 rings (SSSR count). The molecule has 0 saturated carbocycles. The largest absolute Gasteiger partial charge is 0.478 e. The number of carbonyl (C=O) groups is 2. The van der Waals surface area contributed by atoms with Crippen molar-refractivity contribution in [2.75, 3.05) is 0 Å². The van der Waals surface area contributed by atoms with Crippen molar-refractivity contribution in [3.63, 3.8) is 0 Å². The minimum Gasteiger partial charge on any atom is -0.478 e. The molecule has 0 aromatic carbocycles. The molecule has 98 valence electrons. The fraction of sp³-hybridized carbons (Fsp3) is 0.462. The minimum atomic E-state index is -1.03. The highest BCUT2D eigenvalue weighted by Gasteiger charge is 2.16. The third-order valence-corrected chi connectivity index (χ3v) is 2.08. The predicted octanol–water partition coefficient (Wildman–Crippen LogP) is 2.05. The average Bonchev–Trinajstić information content (AvgIpc) is 2.24. The van der Waals surface area contributed by atoms with Gasteiger partial charge in [-0.15, -0.1) is 0 Å². The van der Waals surface area contributed by atoms with E-state index in [1.165, 1.54) is 12.3 Å². The number of ether oxygens (including phenoxy) is 1. The third-order valence-electron chi connectivity index (χ3n) is 2.08. The van der Waals surface area contributed by atoms with Crippen molar-refractivity contribution >= 4 is 11.9 Å². The first kappa shape index (κ1) is 14.2. The molecule has 0 aliphatic rings. The number of nitrogens with zero attached hydrogens (tertiary/aromatic N) is 1. The third kappa shape index (κ3) is 4.95. The first-order valence-corrected chi connectivity index (χ1v) is 5.67. The Labute approximate surface area is 106 Å². The maximum atomic E-state index is 11.5. The van der Waals surface area contributed by atoms with Crippen molar-refractivity contribution in [3.05, 3.63) is 29.6 Å². The number of esters is 1. The quantitative estimate of drug-likeness (QED) is 0.829. The minimum absolute atomic E-state index is 0.122. The van der Waals surface area contributed by atoms with Gasteiger partial charge in [-0.05, 0) is 38.8 Å². The van der Waals surface area contributed by atoms with E-state index < -0.39 is 11.6 Å². The van der Waals surface area contributed by atoms with Crippen molar-refractivity contribution in [2.45, 2.75) is 39.2 Å². The summed E-state index contributed by atoms with van der Waals surface area (Å²) >= 11 is 0. The normalized spacial score (nSPS) is 11.1. The summed E-state index contributed by atoms with van der Waals surface area (Å²) in [4.78, 5) is 26.1. The van der Waals surface area contributed by atoms with Crippen LogP contribution in [0, 0.1) is 0 Å². The summed E-state index contributed by atoms with van der Waals surface area (Å²) in [7, 11) is 0. The van der Waals surface area contributed by atoms with Gasteiger partial charge in [0, 0.05) is 18.8 Å². The van der Waals surface area contributed by atoms with Crippen molar-refractivity contribution in [1.82, 2.24) is 4.98 Å². The summed E-state index contributed by atoms with van der Waals surface area (Å²) in [6, 6.07) is 1.51. The molecule has 0 unspecified atom stereocenters. The lowest BCUT2D eigenvalue weighted by atomic mass is 10.1. The van der Waals surface area contributed by atoms with Gasteiger partial charge in [-0.2, -0.15) is 0 Å².